The molecule has 0 saturated carbocycles. The molecule has 7 nitrogen and oxygen atoms in total. The number of carbonyl (C=O) groups is 1. The van der Waals surface area contributed by atoms with Crippen LogP contribution in [-0.2, 0) is 6.42 Å². The first kappa shape index (κ1) is 17.3. The number of nitriles is 1. The third-order valence-electron chi connectivity index (χ3n) is 4.05. The summed E-state index contributed by atoms with van der Waals surface area (Å²) in [4.78, 5) is 20.2. The number of benzene rings is 1. The quantitative estimate of drug-likeness (QED) is 0.683. The predicted molar refractivity (Wildman–Crippen MR) is 95.6 cm³/mol. The van der Waals surface area contributed by atoms with E-state index >= 15 is 0 Å². The summed E-state index contributed by atoms with van der Waals surface area (Å²) in [6.45, 7) is 3.07. The summed E-state index contributed by atoms with van der Waals surface area (Å²) in [7, 11) is 0. The molecule has 0 aliphatic heterocycles. The van der Waals surface area contributed by atoms with Crippen molar-refractivity contribution in [3.8, 4) is 11.8 Å². The Morgan fingerprint density at radius 1 is 1.19 bits per heavy atom. The highest BCUT2D eigenvalue weighted by Gasteiger charge is 2.19. The first-order valence-corrected chi connectivity index (χ1v) is 8.33. The maximum Gasteiger partial charge on any atom is 0.256 e. The highest BCUT2D eigenvalue weighted by atomic mass is 16.2. The van der Waals surface area contributed by atoms with E-state index in [1.807, 2.05) is 37.3 Å². The van der Waals surface area contributed by atoms with Gasteiger partial charge < -0.3 is 4.90 Å². The summed E-state index contributed by atoms with van der Waals surface area (Å²) in [5.74, 6) is -0.0741. The van der Waals surface area contributed by atoms with Gasteiger partial charge in [0.25, 0.3) is 5.91 Å². The Morgan fingerprint density at radius 2 is 1.96 bits per heavy atom. The fraction of sp³-hybridized carbons (Fsp3) is 0.211. The molecule has 0 atom stereocenters. The maximum atomic E-state index is 13.0. The first-order valence-electron chi connectivity index (χ1n) is 8.33. The first-order chi connectivity index (χ1) is 12.7. The molecule has 130 valence electrons. The molecule has 3 rings (SSSR count). The molecule has 0 aliphatic carbocycles. The molecule has 0 unspecified atom stereocenters. The zero-order valence-corrected chi connectivity index (χ0v) is 14.4. The van der Waals surface area contributed by atoms with E-state index in [4.69, 9.17) is 5.26 Å². The number of pyridine rings is 1. The van der Waals surface area contributed by atoms with Crippen LogP contribution in [0.5, 0.6) is 0 Å². The number of hydrogen-bond donors (Lipinski definition) is 0. The van der Waals surface area contributed by atoms with Crippen LogP contribution in [0.4, 0.5) is 0 Å². The average Bonchev–Trinajstić information content (AvgIpc) is 3.23. The molecule has 7 heteroatoms. The van der Waals surface area contributed by atoms with Crippen LogP contribution in [0.3, 0.4) is 0 Å². The lowest BCUT2D eigenvalue weighted by Crippen LogP contribution is -2.33. The number of carbonyl (C=O) groups excluding carboxylic acids is 1. The van der Waals surface area contributed by atoms with Crippen molar-refractivity contribution in [2.45, 2.75) is 13.3 Å². The summed E-state index contributed by atoms with van der Waals surface area (Å²) < 4.78 is 0. The van der Waals surface area contributed by atoms with Crippen LogP contribution >= 0.6 is 0 Å². The normalized spacial score (nSPS) is 10.3. The van der Waals surface area contributed by atoms with Crippen molar-refractivity contribution in [3.05, 3.63) is 71.8 Å². The van der Waals surface area contributed by atoms with Gasteiger partial charge in [0, 0.05) is 19.3 Å². The van der Waals surface area contributed by atoms with Crippen LogP contribution in [-0.4, -0.2) is 43.9 Å². The molecule has 2 aromatic heterocycles. The van der Waals surface area contributed by atoms with Gasteiger partial charge in [0.1, 0.15) is 11.8 Å². The Morgan fingerprint density at radius 3 is 2.69 bits per heavy atom. The fourth-order valence-electron chi connectivity index (χ4n) is 2.70. The van der Waals surface area contributed by atoms with Crippen molar-refractivity contribution >= 4 is 5.91 Å². The SMILES string of the molecule is CCN(CCc1ccnc(C#N)c1)C(=O)c1ccccc1-n1nccn1. The number of rotatable bonds is 6. The number of para-hydroxylation sites is 1. The Kier molecular flexibility index (Phi) is 5.34. The summed E-state index contributed by atoms with van der Waals surface area (Å²) in [5.41, 5.74) is 2.56. The summed E-state index contributed by atoms with van der Waals surface area (Å²) >= 11 is 0. The van der Waals surface area contributed by atoms with E-state index in [1.165, 1.54) is 4.80 Å². The lowest BCUT2D eigenvalue weighted by molar-refractivity contribution is 0.0766. The fourth-order valence-corrected chi connectivity index (χ4v) is 2.70. The molecule has 0 N–H and O–H groups in total. The Hall–Kier alpha value is -3.53. The molecule has 0 spiro atoms. The van der Waals surface area contributed by atoms with E-state index in [9.17, 15) is 4.79 Å². The van der Waals surface area contributed by atoms with Gasteiger partial charge in [-0.05, 0) is 43.2 Å². The zero-order chi connectivity index (χ0) is 18.4. The highest BCUT2D eigenvalue weighted by molar-refractivity contribution is 5.97. The minimum absolute atomic E-state index is 0.0741. The minimum atomic E-state index is -0.0741. The molecule has 0 radical (unpaired) electrons. The molecule has 0 aliphatic rings. The highest BCUT2D eigenvalue weighted by Crippen LogP contribution is 2.15. The van der Waals surface area contributed by atoms with E-state index in [0.29, 0.717) is 36.5 Å². The van der Waals surface area contributed by atoms with Crippen LogP contribution < -0.4 is 0 Å². The van der Waals surface area contributed by atoms with Crippen LogP contribution in [0.15, 0.2) is 55.0 Å². The summed E-state index contributed by atoms with van der Waals surface area (Å²) in [6, 6.07) is 12.9. The molecule has 26 heavy (non-hydrogen) atoms. The van der Waals surface area contributed by atoms with E-state index in [0.717, 1.165) is 5.56 Å². The van der Waals surface area contributed by atoms with Crippen molar-refractivity contribution in [3.63, 3.8) is 0 Å². The molecular formula is C19H18N6O. The third kappa shape index (κ3) is 3.75. The van der Waals surface area contributed by atoms with Gasteiger partial charge in [0.05, 0.1) is 23.6 Å². The Bertz CT molecular complexity index is 929. The second-order valence-corrected chi connectivity index (χ2v) is 5.63. The van der Waals surface area contributed by atoms with Crippen molar-refractivity contribution in [1.29, 1.82) is 5.26 Å². The molecule has 0 bridgehead atoms. The van der Waals surface area contributed by atoms with Gasteiger partial charge in [0.2, 0.25) is 0 Å². The van der Waals surface area contributed by atoms with Crippen LogP contribution in [0.25, 0.3) is 5.69 Å². The Labute approximate surface area is 151 Å². The van der Waals surface area contributed by atoms with E-state index in [-0.39, 0.29) is 5.91 Å². The van der Waals surface area contributed by atoms with Gasteiger partial charge >= 0.3 is 0 Å². The number of amides is 1. The van der Waals surface area contributed by atoms with Crippen LogP contribution in [0.1, 0.15) is 28.5 Å². The Balaban J connectivity index is 1.78. The third-order valence-corrected chi connectivity index (χ3v) is 4.05. The van der Waals surface area contributed by atoms with E-state index in [1.54, 1.807) is 35.6 Å². The zero-order valence-electron chi connectivity index (χ0n) is 14.4. The largest absolute Gasteiger partial charge is 0.339 e. The molecule has 3 aromatic rings. The average molecular weight is 346 g/mol. The van der Waals surface area contributed by atoms with Gasteiger partial charge in [0.15, 0.2) is 0 Å². The van der Waals surface area contributed by atoms with Gasteiger partial charge in [-0.2, -0.15) is 20.3 Å². The molecule has 1 amide bonds. The smallest absolute Gasteiger partial charge is 0.256 e. The summed E-state index contributed by atoms with van der Waals surface area (Å²) in [6.07, 6.45) is 5.42. The lowest BCUT2D eigenvalue weighted by Gasteiger charge is -2.22. The number of hydrogen-bond acceptors (Lipinski definition) is 5. The molecular weight excluding hydrogens is 328 g/mol. The van der Waals surface area contributed by atoms with Crippen LogP contribution in [0, 0.1) is 11.3 Å². The maximum absolute atomic E-state index is 13.0. The van der Waals surface area contributed by atoms with E-state index < -0.39 is 0 Å². The standard InChI is InChI=1S/C19H18N6O/c1-2-24(12-8-15-7-9-21-16(13-15)14-20)19(26)17-5-3-4-6-18(17)25-22-10-11-23-25/h3-7,9-11,13H,2,8,12H2,1H3. The van der Waals surface area contributed by atoms with Crippen molar-refractivity contribution in [2.24, 2.45) is 0 Å². The minimum Gasteiger partial charge on any atom is -0.339 e. The monoisotopic (exact) mass is 346 g/mol. The predicted octanol–water partition coefficient (Wildman–Crippen LogP) is 2.24. The van der Waals surface area contributed by atoms with Gasteiger partial charge in [-0.15, -0.1) is 0 Å². The van der Waals surface area contributed by atoms with Crippen molar-refractivity contribution in [1.82, 2.24) is 24.9 Å². The second kappa shape index (κ2) is 8.03. The number of aromatic nitrogens is 4. The molecule has 0 fully saturated rings. The summed E-state index contributed by atoms with van der Waals surface area (Å²) in [5, 5.41) is 17.2. The second-order valence-electron chi connectivity index (χ2n) is 5.63. The van der Waals surface area contributed by atoms with Gasteiger partial charge in [-0.25, -0.2) is 4.98 Å². The topological polar surface area (TPSA) is 87.7 Å². The lowest BCUT2D eigenvalue weighted by atomic mass is 10.1. The van der Waals surface area contributed by atoms with E-state index in [2.05, 4.69) is 15.2 Å². The molecule has 2 heterocycles. The number of likely N-dealkylation sites (N-methyl/N-ethyl adjacent to an activating group) is 1. The number of nitrogens with zero attached hydrogens (tertiary/aromatic N) is 6. The van der Waals surface area contributed by atoms with Crippen molar-refractivity contribution in [2.75, 3.05) is 13.1 Å². The van der Waals surface area contributed by atoms with Crippen molar-refractivity contribution < 1.29 is 4.79 Å². The van der Waals surface area contributed by atoms with Gasteiger partial charge in [-0.1, -0.05) is 12.1 Å². The van der Waals surface area contributed by atoms with Gasteiger partial charge in [-0.3, -0.25) is 4.79 Å². The van der Waals surface area contributed by atoms with Crippen LogP contribution in [0.2, 0.25) is 0 Å². The molecule has 0 saturated heterocycles. The molecule has 1 aromatic carbocycles.